The Morgan fingerprint density at radius 2 is 1.87 bits per heavy atom. The van der Waals surface area contributed by atoms with Crippen molar-refractivity contribution in [2.45, 2.75) is 57.4 Å². The molecule has 0 saturated heterocycles. The summed E-state index contributed by atoms with van der Waals surface area (Å²) in [6.45, 7) is 4.67. The fraction of sp³-hybridized carbons (Fsp3) is 0.556. The lowest BCUT2D eigenvalue weighted by Gasteiger charge is -2.39. The van der Waals surface area contributed by atoms with E-state index < -0.39 is 0 Å². The minimum absolute atomic E-state index is 0.00968. The van der Waals surface area contributed by atoms with Crippen LogP contribution < -0.4 is 5.32 Å². The maximum atomic E-state index is 13.3. The zero-order valence-electron chi connectivity index (χ0n) is 13.8. The minimum Gasteiger partial charge on any atom is -0.424 e. The molecule has 0 radical (unpaired) electrons. The van der Waals surface area contributed by atoms with Crippen LogP contribution >= 0.6 is 0 Å². The molecule has 0 spiro atoms. The Kier molecular flexibility index (Phi) is 4.76. The van der Waals surface area contributed by atoms with Gasteiger partial charge in [0.05, 0.1) is 6.04 Å². The van der Waals surface area contributed by atoms with E-state index in [4.69, 9.17) is 4.42 Å². The number of hydrogen-bond acceptors (Lipinski definition) is 4. The summed E-state index contributed by atoms with van der Waals surface area (Å²) in [6.07, 6.45) is 5.96. The van der Waals surface area contributed by atoms with E-state index in [1.807, 2.05) is 19.1 Å². The Morgan fingerprint density at radius 3 is 2.48 bits per heavy atom. The number of nitrogens with zero attached hydrogens (tertiary/aromatic N) is 2. The Labute approximate surface area is 136 Å². The van der Waals surface area contributed by atoms with Crippen LogP contribution in [0.2, 0.25) is 0 Å². The van der Waals surface area contributed by atoms with Gasteiger partial charge in [-0.15, -0.1) is 10.2 Å². The van der Waals surface area contributed by atoms with Gasteiger partial charge in [-0.05, 0) is 37.5 Å². The lowest BCUT2D eigenvalue weighted by molar-refractivity contribution is 0.264. The van der Waals surface area contributed by atoms with Crippen LogP contribution in [-0.4, -0.2) is 16.7 Å². The first kappa shape index (κ1) is 16.1. The largest absolute Gasteiger partial charge is 0.424 e. The van der Waals surface area contributed by atoms with Crippen molar-refractivity contribution < 1.29 is 8.81 Å². The highest BCUT2D eigenvalue weighted by atomic mass is 19.1. The molecule has 23 heavy (non-hydrogen) atoms. The number of nitrogens with one attached hydrogen (secondary N) is 1. The van der Waals surface area contributed by atoms with Crippen LogP contribution in [0.4, 0.5) is 4.39 Å². The molecule has 0 unspecified atom stereocenters. The number of hydrogen-bond donors (Lipinski definition) is 1. The summed E-state index contributed by atoms with van der Waals surface area (Å²) >= 11 is 0. The molecule has 1 aliphatic rings. The smallest absolute Gasteiger partial charge is 0.233 e. The molecule has 0 bridgehead atoms. The van der Waals surface area contributed by atoms with Crippen LogP contribution in [0.3, 0.4) is 0 Å². The van der Waals surface area contributed by atoms with Gasteiger partial charge in [0.15, 0.2) is 0 Å². The van der Waals surface area contributed by atoms with Gasteiger partial charge in [0, 0.05) is 18.9 Å². The second-order valence-electron chi connectivity index (χ2n) is 6.61. The Morgan fingerprint density at radius 1 is 1.17 bits per heavy atom. The van der Waals surface area contributed by atoms with Crippen LogP contribution in [0.15, 0.2) is 28.7 Å². The predicted molar refractivity (Wildman–Crippen MR) is 86.6 cm³/mol. The summed E-state index contributed by atoms with van der Waals surface area (Å²) in [5.41, 5.74) is 1.29. The molecule has 1 fully saturated rings. The van der Waals surface area contributed by atoms with E-state index in [0.29, 0.717) is 11.8 Å². The van der Waals surface area contributed by atoms with Gasteiger partial charge in [-0.3, -0.25) is 0 Å². The van der Waals surface area contributed by atoms with E-state index in [1.165, 1.54) is 24.8 Å². The molecular weight excluding hydrogens is 293 g/mol. The van der Waals surface area contributed by atoms with Crippen LogP contribution in [-0.2, 0) is 5.41 Å². The summed E-state index contributed by atoms with van der Waals surface area (Å²) in [6, 6.07) is 7.01. The average molecular weight is 317 g/mol. The third-order valence-corrected chi connectivity index (χ3v) is 4.93. The highest BCUT2D eigenvalue weighted by molar-refractivity contribution is 5.27. The standard InChI is InChI=1S/C18H24FN3O/c1-13(17-22-21-14(2)23-17)20-12-18(10-4-3-5-11-18)15-6-8-16(19)9-7-15/h6-9,13,20H,3-5,10-12H2,1-2H3/t13-/m1/s1. The van der Waals surface area contributed by atoms with E-state index in [-0.39, 0.29) is 17.3 Å². The zero-order valence-corrected chi connectivity index (χ0v) is 13.8. The van der Waals surface area contributed by atoms with Gasteiger partial charge in [-0.25, -0.2) is 4.39 Å². The molecule has 1 atom stereocenters. The summed E-state index contributed by atoms with van der Waals surface area (Å²) in [4.78, 5) is 0. The van der Waals surface area contributed by atoms with Gasteiger partial charge >= 0.3 is 0 Å². The quantitative estimate of drug-likeness (QED) is 0.903. The van der Waals surface area contributed by atoms with Crippen molar-refractivity contribution in [2.24, 2.45) is 0 Å². The second kappa shape index (κ2) is 6.79. The lowest BCUT2D eigenvalue weighted by atomic mass is 9.69. The lowest BCUT2D eigenvalue weighted by Crippen LogP contribution is -2.40. The molecular formula is C18H24FN3O. The molecule has 3 rings (SSSR count). The maximum absolute atomic E-state index is 13.3. The first-order valence-electron chi connectivity index (χ1n) is 8.38. The van der Waals surface area contributed by atoms with Crippen molar-refractivity contribution in [3.63, 3.8) is 0 Å². The number of aromatic nitrogens is 2. The fourth-order valence-corrected chi connectivity index (χ4v) is 3.52. The van der Waals surface area contributed by atoms with Crippen molar-refractivity contribution in [3.8, 4) is 0 Å². The molecule has 1 saturated carbocycles. The van der Waals surface area contributed by atoms with E-state index >= 15 is 0 Å². The molecule has 4 nitrogen and oxygen atoms in total. The summed E-state index contributed by atoms with van der Waals surface area (Å²) in [5.74, 6) is 1.02. The summed E-state index contributed by atoms with van der Waals surface area (Å²) in [5, 5.41) is 11.5. The first-order chi connectivity index (χ1) is 11.1. The van der Waals surface area contributed by atoms with Gasteiger partial charge in [0.2, 0.25) is 11.8 Å². The highest BCUT2D eigenvalue weighted by Crippen LogP contribution is 2.39. The Bertz CT molecular complexity index is 632. The molecule has 2 aromatic rings. The van der Waals surface area contributed by atoms with Crippen molar-refractivity contribution >= 4 is 0 Å². The van der Waals surface area contributed by atoms with Gasteiger partial charge in [-0.1, -0.05) is 31.4 Å². The van der Waals surface area contributed by atoms with E-state index in [9.17, 15) is 4.39 Å². The normalized spacial score (nSPS) is 18.7. The maximum Gasteiger partial charge on any atom is 0.233 e. The minimum atomic E-state index is -0.178. The predicted octanol–water partition coefficient (Wildman–Crippen LogP) is 4.07. The van der Waals surface area contributed by atoms with E-state index in [0.717, 1.165) is 19.4 Å². The highest BCUT2D eigenvalue weighted by Gasteiger charge is 2.34. The second-order valence-corrected chi connectivity index (χ2v) is 6.61. The average Bonchev–Trinajstić information content (AvgIpc) is 3.01. The number of benzene rings is 1. The van der Waals surface area contributed by atoms with E-state index in [2.05, 4.69) is 15.5 Å². The van der Waals surface area contributed by atoms with Crippen molar-refractivity contribution in [1.29, 1.82) is 0 Å². The van der Waals surface area contributed by atoms with Gasteiger partial charge in [-0.2, -0.15) is 0 Å². The van der Waals surface area contributed by atoms with Crippen molar-refractivity contribution in [1.82, 2.24) is 15.5 Å². The molecule has 0 aliphatic heterocycles. The van der Waals surface area contributed by atoms with E-state index in [1.54, 1.807) is 19.1 Å². The van der Waals surface area contributed by atoms with Gasteiger partial charge < -0.3 is 9.73 Å². The fourth-order valence-electron chi connectivity index (χ4n) is 3.52. The first-order valence-corrected chi connectivity index (χ1v) is 8.38. The Hall–Kier alpha value is -1.75. The molecule has 5 heteroatoms. The van der Waals surface area contributed by atoms with Crippen LogP contribution in [0, 0.1) is 12.7 Å². The third-order valence-electron chi connectivity index (χ3n) is 4.93. The molecule has 1 aromatic carbocycles. The van der Waals surface area contributed by atoms with Crippen LogP contribution in [0.5, 0.6) is 0 Å². The molecule has 1 aliphatic carbocycles. The van der Waals surface area contributed by atoms with Crippen LogP contribution in [0.1, 0.15) is 62.4 Å². The van der Waals surface area contributed by atoms with Crippen molar-refractivity contribution in [3.05, 3.63) is 47.4 Å². The molecule has 124 valence electrons. The number of aryl methyl sites for hydroxylation is 1. The zero-order chi connectivity index (χ0) is 16.3. The Balaban J connectivity index is 1.75. The number of rotatable bonds is 5. The summed E-state index contributed by atoms with van der Waals surface area (Å²) < 4.78 is 18.8. The molecule has 0 amide bonds. The monoisotopic (exact) mass is 317 g/mol. The number of halogens is 1. The van der Waals surface area contributed by atoms with Gasteiger partial charge in [0.25, 0.3) is 0 Å². The molecule has 1 N–H and O–H groups in total. The third kappa shape index (κ3) is 3.61. The van der Waals surface area contributed by atoms with Crippen LogP contribution in [0.25, 0.3) is 0 Å². The molecule has 1 heterocycles. The topological polar surface area (TPSA) is 51.0 Å². The summed E-state index contributed by atoms with van der Waals surface area (Å²) in [7, 11) is 0. The van der Waals surface area contributed by atoms with Gasteiger partial charge in [0.1, 0.15) is 5.82 Å². The van der Waals surface area contributed by atoms with Crippen molar-refractivity contribution in [2.75, 3.05) is 6.54 Å². The SMILES string of the molecule is Cc1nnc([C@@H](C)NCC2(c3ccc(F)cc3)CCCCC2)o1. The molecule has 1 aromatic heterocycles.